The lowest BCUT2D eigenvalue weighted by Crippen LogP contribution is -2.08. The minimum absolute atomic E-state index is 0.163. The van der Waals surface area contributed by atoms with Crippen molar-refractivity contribution in [1.29, 1.82) is 0 Å². The number of benzene rings is 1. The summed E-state index contributed by atoms with van der Waals surface area (Å²) < 4.78 is 66.4. The summed E-state index contributed by atoms with van der Waals surface area (Å²) >= 11 is 3.04. The Labute approximate surface area is 123 Å². The third-order valence-corrected chi connectivity index (χ3v) is 3.23. The fourth-order valence-corrected chi connectivity index (χ4v) is 1.97. The van der Waals surface area contributed by atoms with Gasteiger partial charge in [0.2, 0.25) is 5.82 Å². The summed E-state index contributed by atoms with van der Waals surface area (Å²) in [7, 11) is 1.52. The molecule has 21 heavy (non-hydrogen) atoms. The van der Waals surface area contributed by atoms with E-state index >= 15 is 0 Å². The van der Waals surface area contributed by atoms with Crippen LogP contribution < -0.4 is 10.6 Å². The number of hydrogen-bond acceptors (Lipinski definition) is 4. The van der Waals surface area contributed by atoms with Gasteiger partial charge in [-0.05, 0) is 15.9 Å². The van der Waals surface area contributed by atoms with E-state index in [1.807, 2.05) is 0 Å². The molecule has 112 valence electrons. The van der Waals surface area contributed by atoms with E-state index in [1.165, 1.54) is 7.05 Å². The average molecular weight is 369 g/mol. The van der Waals surface area contributed by atoms with Gasteiger partial charge in [0.05, 0.1) is 0 Å². The summed E-state index contributed by atoms with van der Waals surface area (Å²) in [5.41, 5.74) is -1.20. The SMILES string of the molecule is CNc1ncnc(Nc2c(F)c(F)c(F)c(F)c2F)c1Br. The van der Waals surface area contributed by atoms with Crippen LogP contribution in [0.25, 0.3) is 0 Å². The van der Waals surface area contributed by atoms with E-state index in [2.05, 4.69) is 36.5 Å². The van der Waals surface area contributed by atoms with Crippen molar-refractivity contribution in [3.8, 4) is 0 Å². The average Bonchev–Trinajstić information content (AvgIpc) is 2.49. The molecule has 4 nitrogen and oxygen atoms in total. The molecule has 0 fully saturated rings. The molecule has 10 heteroatoms. The first-order valence-corrected chi connectivity index (χ1v) is 6.14. The number of aromatic nitrogens is 2. The van der Waals surface area contributed by atoms with E-state index in [9.17, 15) is 22.0 Å². The lowest BCUT2D eigenvalue weighted by Gasteiger charge is -2.12. The van der Waals surface area contributed by atoms with Crippen molar-refractivity contribution in [2.24, 2.45) is 0 Å². The fourth-order valence-electron chi connectivity index (χ4n) is 1.46. The van der Waals surface area contributed by atoms with Crippen molar-refractivity contribution in [2.75, 3.05) is 17.7 Å². The van der Waals surface area contributed by atoms with Gasteiger partial charge in [-0.1, -0.05) is 0 Å². The molecule has 0 aliphatic rings. The lowest BCUT2D eigenvalue weighted by atomic mass is 10.2. The van der Waals surface area contributed by atoms with Crippen LogP contribution in [0.2, 0.25) is 0 Å². The minimum atomic E-state index is -2.23. The number of anilines is 3. The van der Waals surface area contributed by atoms with Crippen LogP contribution in [-0.4, -0.2) is 17.0 Å². The molecule has 1 aromatic heterocycles. The summed E-state index contributed by atoms with van der Waals surface area (Å²) in [6.45, 7) is 0. The molecule has 0 aliphatic carbocycles. The highest BCUT2D eigenvalue weighted by atomic mass is 79.9. The third kappa shape index (κ3) is 2.62. The predicted octanol–water partition coefficient (Wildman–Crippen LogP) is 3.72. The molecule has 0 atom stereocenters. The zero-order valence-corrected chi connectivity index (χ0v) is 11.8. The minimum Gasteiger partial charge on any atom is -0.372 e. The summed E-state index contributed by atoms with van der Waals surface area (Å²) in [4.78, 5) is 7.45. The van der Waals surface area contributed by atoms with Gasteiger partial charge in [0.25, 0.3) is 0 Å². The Kier molecular flexibility index (Phi) is 4.26. The maximum atomic E-state index is 13.5. The fraction of sp³-hybridized carbons (Fsp3) is 0.0909. The largest absolute Gasteiger partial charge is 0.372 e. The van der Waals surface area contributed by atoms with Gasteiger partial charge in [-0.15, -0.1) is 0 Å². The van der Waals surface area contributed by atoms with Crippen molar-refractivity contribution in [3.05, 3.63) is 39.9 Å². The molecular weight excluding hydrogens is 363 g/mol. The highest BCUT2D eigenvalue weighted by molar-refractivity contribution is 9.10. The van der Waals surface area contributed by atoms with Crippen molar-refractivity contribution >= 4 is 33.3 Å². The Hall–Kier alpha value is -1.97. The molecule has 0 saturated heterocycles. The summed E-state index contributed by atoms with van der Waals surface area (Å²) in [6, 6.07) is 0. The maximum Gasteiger partial charge on any atom is 0.200 e. The molecule has 0 spiro atoms. The van der Waals surface area contributed by atoms with E-state index in [0.717, 1.165) is 6.33 Å². The molecule has 2 aromatic rings. The quantitative estimate of drug-likeness (QED) is 0.492. The van der Waals surface area contributed by atoms with Crippen LogP contribution >= 0.6 is 15.9 Å². The molecular formula is C11H6BrF5N4. The molecule has 1 heterocycles. The Bertz CT molecular complexity index is 680. The van der Waals surface area contributed by atoms with Gasteiger partial charge < -0.3 is 10.6 Å². The van der Waals surface area contributed by atoms with Crippen LogP contribution in [0.5, 0.6) is 0 Å². The Balaban J connectivity index is 2.55. The number of hydrogen-bond donors (Lipinski definition) is 2. The number of halogens is 6. The molecule has 0 bridgehead atoms. The van der Waals surface area contributed by atoms with Crippen LogP contribution in [0.3, 0.4) is 0 Å². The zero-order chi connectivity index (χ0) is 15.7. The molecule has 0 aliphatic heterocycles. The van der Waals surface area contributed by atoms with E-state index in [0.29, 0.717) is 0 Å². The summed E-state index contributed by atoms with van der Waals surface area (Å²) in [5, 5.41) is 4.71. The molecule has 0 amide bonds. The van der Waals surface area contributed by atoms with Crippen molar-refractivity contribution in [1.82, 2.24) is 9.97 Å². The molecule has 0 radical (unpaired) electrons. The summed E-state index contributed by atoms with van der Waals surface area (Å²) in [5.74, 6) is -10.2. The van der Waals surface area contributed by atoms with Crippen LogP contribution in [-0.2, 0) is 0 Å². The summed E-state index contributed by atoms with van der Waals surface area (Å²) in [6.07, 6.45) is 1.05. The zero-order valence-electron chi connectivity index (χ0n) is 10.2. The van der Waals surface area contributed by atoms with Crippen LogP contribution in [0.4, 0.5) is 39.3 Å². The van der Waals surface area contributed by atoms with Crippen LogP contribution in [0.1, 0.15) is 0 Å². The monoisotopic (exact) mass is 368 g/mol. The van der Waals surface area contributed by atoms with Gasteiger partial charge in [-0.2, -0.15) is 0 Å². The Morgan fingerprint density at radius 1 is 0.857 bits per heavy atom. The van der Waals surface area contributed by atoms with Crippen molar-refractivity contribution < 1.29 is 22.0 Å². The Morgan fingerprint density at radius 3 is 1.86 bits per heavy atom. The van der Waals surface area contributed by atoms with E-state index < -0.39 is 34.8 Å². The van der Waals surface area contributed by atoms with Gasteiger partial charge in [0, 0.05) is 7.05 Å². The van der Waals surface area contributed by atoms with Crippen LogP contribution in [0.15, 0.2) is 10.8 Å². The second kappa shape index (κ2) is 5.80. The predicted molar refractivity (Wildman–Crippen MR) is 68.8 cm³/mol. The molecule has 2 N–H and O–H groups in total. The Morgan fingerprint density at radius 2 is 1.33 bits per heavy atom. The smallest absolute Gasteiger partial charge is 0.200 e. The van der Waals surface area contributed by atoms with Gasteiger partial charge in [-0.25, -0.2) is 31.9 Å². The van der Waals surface area contributed by atoms with Gasteiger partial charge >= 0.3 is 0 Å². The second-order valence-electron chi connectivity index (χ2n) is 3.70. The highest BCUT2D eigenvalue weighted by Gasteiger charge is 2.26. The van der Waals surface area contributed by atoms with E-state index in [4.69, 9.17) is 0 Å². The second-order valence-corrected chi connectivity index (χ2v) is 4.50. The molecule has 0 saturated carbocycles. The van der Waals surface area contributed by atoms with Gasteiger partial charge in [0.1, 0.15) is 28.1 Å². The lowest BCUT2D eigenvalue weighted by molar-refractivity contribution is 0.382. The van der Waals surface area contributed by atoms with Crippen LogP contribution in [0, 0.1) is 29.1 Å². The number of rotatable bonds is 3. The topological polar surface area (TPSA) is 49.8 Å². The van der Waals surface area contributed by atoms with E-state index in [-0.39, 0.29) is 16.1 Å². The first-order chi connectivity index (χ1) is 9.88. The first kappa shape index (κ1) is 15.4. The number of nitrogens with zero attached hydrogens (tertiary/aromatic N) is 2. The third-order valence-electron chi connectivity index (χ3n) is 2.48. The highest BCUT2D eigenvalue weighted by Crippen LogP contribution is 2.33. The van der Waals surface area contributed by atoms with Gasteiger partial charge in [-0.3, -0.25) is 0 Å². The maximum absolute atomic E-state index is 13.5. The first-order valence-electron chi connectivity index (χ1n) is 5.35. The standard InChI is InChI=1S/C11H6BrF5N4/c1-18-10-3(12)11(20-2-19-10)21-9-7(16)5(14)4(13)6(15)8(9)17/h2H,1H3,(H2,18,19,20,21). The molecule has 1 aromatic carbocycles. The van der Waals surface area contributed by atoms with Gasteiger partial charge in [0.15, 0.2) is 23.3 Å². The van der Waals surface area contributed by atoms with Crippen molar-refractivity contribution in [3.63, 3.8) is 0 Å². The molecule has 2 rings (SSSR count). The normalized spacial score (nSPS) is 10.6. The number of nitrogens with one attached hydrogen (secondary N) is 2. The van der Waals surface area contributed by atoms with Crippen molar-refractivity contribution in [2.45, 2.75) is 0 Å². The van der Waals surface area contributed by atoms with E-state index in [1.54, 1.807) is 0 Å². The molecule has 0 unspecified atom stereocenters.